The summed E-state index contributed by atoms with van der Waals surface area (Å²) in [4.78, 5) is 12.0. The molecule has 0 aliphatic carbocycles. The van der Waals surface area contributed by atoms with Crippen molar-refractivity contribution in [3.63, 3.8) is 0 Å². The van der Waals surface area contributed by atoms with Gasteiger partial charge in [-0.1, -0.05) is 12.1 Å². The van der Waals surface area contributed by atoms with Crippen molar-refractivity contribution in [1.29, 1.82) is 0 Å². The number of ether oxygens (including phenoxy) is 1. The van der Waals surface area contributed by atoms with Crippen LogP contribution in [-0.4, -0.2) is 25.1 Å². The van der Waals surface area contributed by atoms with Crippen molar-refractivity contribution < 1.29 is 9.53 Å². The van der Waals surface area contributed by atoms with Crippen LogP contribution in [0.1, 0.15) is 24.2 Å². The number of para-hydroxylation sites is 1. The molecule has 1 rings (SSSR count). The van der Waals surface area contributed by atoms with Crippen LogP contribution in [0, 0.1) is 0 Å². The molecule has 0 aliphatic rings. The highest BCUT2D eigenvalue weighted by Gasteiger charge is 2.20. The molecule has 5 heteroatoms. The van der Waals surface area contributed by atoms with Gasteiger partial charge in [0.05, 0.1) is 12.7 Å². The summed E-state index contributed by atoms with van der Waals surface area (Å²) in [6.45, 7) is 4.13. The summed E-state index contributed by atoms with van der Waals surface area (Å²) >= 11 is 0. The van der Waals surface area contributed by atoms with E-state index in [1.807, 2.05) is 19.9 Å². The average molecular weight is 259 g/mol. The van der Waals surface area contributed by atoms with Crippen molar-refractivity contribution in [3.8, 4) is 5.75 Å². The van der Waals surface area contributed by atoms with E-state index in [1.165, 1.54) is 0 Å². The van der Waals surface area contributed by atoms with Crippen LogP contribution in [0.3, 0.4) is 0 Å². The molecule has 0 heterocycles. The Labute approximate surface area is 108 Å². The summed E-state index contributed by atoms with van der Waals surface area (Å²) in [6.07, 6.45) is 0. The van der Waals surface area contributed by atoms with Gasteiger partial charge in [0.2, 0.25) is 0 Å². The zero-order valence-corrected chi connectivity index (χ0v) is 11.1. The van der Waals surface area contributed by atoms with Gasteiger partial charge in [0.15, 0.2) is 0 Å². The van der Waals surface area contributed by atoms with Crippen LogP contribution in [-0.2, 0) is 0 Å². The van der Waals surface area contributed by atoms with E-state index >= 15 is 0 Å². The number of rotatable bonds is 4. The SMILES string of the molecule is COc1ccccc1C(=O)NC(C)(C)CN.Cl. The van der Waals surface area contributed by atoms with E-state index in [9.17, 15) is 4.79 Å². The third-order valence-corrected chi connectivity index (χ3v) is 2.31. The van der Waals surface area contributed by atoms with Crippen molar-refractivity contribution in [2.45, 2.75) is 19.4 Å². The first-order valence-corrected chi connectivity index (χ1v) is 5.16. The highest BCUT2D eigenvalue weighted by atomic mass is 35.5. The van der Waals surface area contributed by atoms with Gasteiger partial charge in [-0.15, -0.1) is 12.4 Å². The van der Waals surface area contributed by atoms with E-state index < -0.39 is 5.54 Å². The van der Waals surface area contributed by atoms with Crippen molar-refractivity contribution in [1.82, 2.24) is 5.32 Å². The second-order valence-corrected chi connectivity index (χ2v) is 4.24. The second kappa shape index (κ2) is 6.47. The number of hydrogen-bond donors (Lipinski definition) is 2. The van der Waals surface area contributed by atoms with Crippen molar-refractivity contribution in [3.05, 3.63) is 29.8 Å². The van der Waals surface area contributed by atoms with E-state index in [0.29, 0.717) is 17.9 Å². The molecule has 1 aromatic carbocycles. The maximum atomic E-state index is 12.0. The van der Waals surface area contributed by atoms with Gasteiger partial charge in [0.1, 0.15) is 5.75 Å². The smallest absolute Gasteiger partial charge is 0.255 e. The summed E-state index contributed by atoms with van der Waals surface area (Å²) in [5.74, 6) is 0.390. The standard InChI is InChI=1S/C12H18N2O2.ClH/c1-12(2,8-13)14-11(15)9-6-4-5-7-10(9)16-3;/h4-7H,8,13H2,1-3H3,(H,14,15);1H. The number of benzene rings is 1. The van der Waals surface area contributed by atoms with E-state index in [0.717, 1.165) is 0 Å². The maximum absolute atomic E-state index is 12.0. The molecule has 4 nitrogen and oxygen atoms in total. The first kappa shape index (κ1) is 15.7. The Morgan fingerprint density at radius 2 is 2.00 bits per heavy atom. The molecule has 0 unspecified atom stereocenters. The molecule has 3 N–H and O–H groups in total. The molecule has 0 saturated carbocycles. The first-order chi connectivity index (χ1) is 7.50. The third kappa shape index (κ3) is 4.24. The van der Waals surface area contributed by atoms with Crippen LogP contribution in [0.25, 0.3) is 0 Å². The molecule has 17 heavy (non-hydrogen) atoms. The topological polar surface area (TPSA) is 64.3 Å². The number of nitrogens with one attached hydrogen (secondary N) is 1. The molecular formula is C12H19ClN2O2. The fourth-order valence-corrected chi connectivity index (χ4v) is 1.26. The Hall–Kier alpha value is -1.26. The van der Waals surface area contributed by atoms with Crippen molar-refractivity contribution in [2.24, 2.45) is 5.73 Å². The van der Waals surface area contributed by atoms with Crippen LogP contribution >= 0.6 is 12.4 Å². The zero-order chi connectivity index (χ0) is 12.2. The minimum absolute atomic E-state index is 0. The Morgan fingerprint density at radius 3 is 2.53 bits per heavy atom. The van der Waals surface area contributed by atoms with Gasteiger partial charge in [-0.2, -0.15) is 0 Å². The van der Waals surface area contributed by atoms with Gasteiger partial charge in [-0.25, -0.2) is 0 Å². The van der Waals surface area contributed by atoms with Crippen LogP contribution in [0.5, 0.6) is 5.75 Å². The lowest BCUT2D eigenvalue weighted by Gasteiger charge is -2.24. The quantitative estimate of drug-likeness (QED) is 0.862. The molecule has 0 atom stereocenters. The maximum Gasteiger partial charge on any atom is 0.255 e. The lowest BCUT2D eigenvalue weighted by atomic mass is 10.0. The predicted octanol–water partition coefficient (Wildman–Crippen LogP) is 1.58. The molecular weight excluding hydrogens is 240 g/mol. The highest BCUT2D eigenvalue weighted by molar-refractivity contribution is 5.97. The predicted molar refractivity (Wildman–Crippen MR) is 70.8 cm³/mol. The monoisotopic (exact) mass is 258 g/mol. The molecule has 0 fully saturated rings. The zero-order valence-electron chi connectivity index (χ0n) is 10.3. The van der Waals surface area contributed by atoms with Gasteiger partial charge >= 0.3 is 0 Å². The summed E-state index contributed by atoms with van der Waals surface area (Å²) in [5.41, 5.74) is 5.66. The summed E-state index contributed by atoms with van der Waals surface area (Å²) < 4.78 is 5.12. The number of carbonyl (C=O) groups excluding carboxylic acids is 1. The number of amides is 1. The molecule has 0 saturated heterocycles. The van der Waals surface area contributed by atoms with Crippen molar-refractivity contribution in [2.75, 3.05) is 13.7 Å². The van der Waals surface area contributed by atoms with E-state index in [-0.39, 0.29) is 18.3 Å². The minimum Gasteiger partial charge on any atom is -0.496 e. The van der Waals surface area contributed by atoms with Gasteiger partial charge in [-0.3, -0.25) is 4.79 Å². The molecule has 96 valence electrons. The van der Waals surface area contributed by atoms with Crippen LogP contribution in [0.4, 0.5) is 0 Å². The Bertz CT molecular complexity index is 381. The average Bonchev–Trinajstić information content (AvgIpc) is 2.28. The molecule has 0 aromatic heterocycles. The third-order valence-electron chi connectivity index (χ3n) is 2.31. The van der Waals surface area contributed by atoms with Crippen LogP contribution < -0.4 is 15.8 Å². The lowest BCUT2D eigenvalue weighted by Crippen LogP contribution is -2.48. The van der Waals surface area contributed by atoms with E-state index in [2.05, 4.69) is 5.32 Å². The van der Waals surface area contributed by atoms with E-state index in [1.54, 1.807) is 25.3 Å². The number of hydrogen-bond acceptors (Lipinski definition) is 3. The second-order valence-electron chi connectivity index (χ2n) is 4.24. The summed E-state index contributed by atoms with van der Waals surface area (Å²) in [6, 6.07) is 7.10. The normalized spacial score (nSPS) is 10.4. The highest BCUT2D eigenvalue weighted by Crippen LogP contribution is 2.17. The number of nitrogens with two attached hydrogens (primary N) is 1. The number of carbonyl (C=O) groups is 1. The molecule has 1 amide bonds. The van der Waals surface area contributed by atoms with Crippen LogP contribution in [0.15, 0.2) is 24.3 Å². The van der Waals surface area contributed by atoms with Gasteiger partial charge < -0.3 is 15.8 Å². The summed E-state index contributed by atoms with van der Waals surface area (Å²) in [5, 5.41) is 2.85. The Balaban J connectivity index is 0.00000256. The number of halogens is 1. The molecule has 1 aromatic rings. The van der Waals surface area contributed by atoms with Gasteiger partial charge in [-0.05, 0) is 26.0 Å². The van der Waals surface area contributed by atoms with E-state index in [4.69, 9.17) is 10.5 Å². The lowest BCUT2D eigenvalue weighted by molar-refractivity contribution is 0.0912. The fraction of sp³-hybridized carbons (Fsp3) is 0.417. The molecule has 0 radical (unpaired) electrons. The van der Waals surface area contributed by atoms with Crippen LogP contribution in [0.2, 0.25) is 0 Å². The fourth-order valence-electron chi connectivity index (χ4n) is 1.26. The van der Waals surface area contributed by atoms with Gasteiger partial charge in [0, 0.05) is 12.1 Å². The number of methoxy groups -OCH3 is 1. The molecule has 0 bridgehead atoms. The Kier molecular flexibility index (Phi) is 5.99. The largest absolute Gasteiger partial charge is 0.496 e. The van der Waals surface area contributed by atoms with Gasteiger partial charge in [0.25, 0.3) is 5.91 Å². The first-order valence-electron chi connectivity index (χ1n) is 5.16. The van der Waals surface area contributed by atoms with Crippen molar-refractivity contribution >= 4 is 18.3 Å². The Morgan fingerprint density at radius 1 is 1.41 bits per heavy atom. The molecule has 0 aliphatic heterocycles. The minimum atomic E-state index is -0.419. The summed E-state index contributed by atoms with van der Waals surface area (Å²) in [7, 11) is 1.54. The molecule has 0 spiro atoms.